The molecule has 0 bridgehead atoms. The molecule has 5 heteroatoms. The molecule has 2 unspecified atom stereocenters. The van der Waals surface area contributed by atoms with Gasteiger partial charge in [-0.3, -0.25) is 4.79 Å². The van der Waals surface area contributed by atoms with Crippen molar-refractivity contribution in [2.24, 2.45) is 0 Å². The summed E-state index contributed by atoms with van der Waals surface area (Å²) in [5.41, 5.74) is 0.899. The van der Waals surface area contributed by atoms with E-state index in [4.69, 9.17) is 0 Å². The quantitative estimate of drug-likeness (QED) is 0.912. The number of likely N-dealkylation sites (tertiary alicyclic amines) is 1. The van der Waals surface area contributed by atoms with E-state index < -0.39 is 0 Å². The molecular weight excluding hydrogens is 278 g/mol. The minimum Gasteiger partial charge on any atom is -0.333 e. The van der Waals surface area contributed by atoms with Gasteiger partial charge in [-0.05, 0) is 38.3 Å². The summed E-state index contributed by atoms with van der Waals surface area (Å²) >= 11 is 0. The number of hydrogen-bond acceptors (Lipinski definition) is 2. The molecule has 0 aromatic heterocycles. The van der Waals surface area contributed by atoms with E-state index in [1.807, 2.05) is 35.2 Å². The molecule has 2 aliphatic rings. The van der Waals surface area contributed by atoms with Crippen LogP contribution in [0.3, 0.4) is 0 Å². The number of anilines is 1. The van der Waals surface area contributed by atoms with Gasteiger partial charge < -0.3 is 15.1 Å². The molecule has 0 aliphatic carbocycles. The molecular formula is C17H23N3O2. The van der Waals surface area contributed by atoms with Gasteiger partial charge in [-0.15, -0.1) is 0 Å². The fraction of sp³-hybridized carbons (Fsp3) is 0.529. The van der Waals surface area contributed by atoms with Crippen LogP contribution >= 0.6 is 0 Å². The fourth-order valence-electron chi connectivity index (χ4n) is 3.32. The van der Waals surface area contributed by atoms with Crippen LogP contribution in [0.1, 0.15) is 32.6 Å². The zero-order chi connectivity index (χ0) is 15.5. The van der Waals surface area contributed by atoms with Crippen LogP contribution in [0.4, 0.5) is 10.5 Å². The maximum Gasteiger partial charge on any atom is 0.317 e. The lowest BCUT2D eigenvalue weighted by Crippen LogP contribution is -2.50. The molecule has 118 valence electrons. The van der Waals surface area contributed by atoms with Gasteiger partial charge in [0, 0.05) is 31.2 Å². The van der Waals surface area contributed by atoms with Crippen molar-refractivity contribution in [2.45, 2.75) is 44.7 Å². The summed E-state index contributed by atoms with van der Waals surface area (Å²) in [6.45, 7) is 3.46. The Morgan fingerprint density at radius 3 is 2.73 bits per heavy atom. The fourth-order valence-corrected chi connectivity index (χ4v) is 3.32. The summed E-state index contributed by atoms with van der Waals surface area (Å²) in [6.07, 6.45) is 3.70. The molecule has 22 heavy (non-hydrogen) atoms. The molecule has 2 atom stereocenters. The van der Waals surface area contributed by atoms with E-state index in [1.54, 1.807) is 4.90 Å². The van der Waals surface area contributed by atoms with Crippen LogP contribution in [0.15, 0.2) is 30.3 Å². The van der Waals surface area contributed by atoms with Gasteiger partial charge in [0.2, 0.25) is 5.91 Å². The third-order valence-corrected chi connectivity index (χ3v) is 4.58. The first-order valence-corrected chi connectivity index (χ1v) is 8.07. The Balaban J connectivity index is 1.60. The number of benzene rings is 1. The van der Waals surface area contributed by atoms with Crippen LogP contribution in [-0.4, -0.2) is 42.0 Å². The van der Waals surface area contributed by atoms with Crippen LogP contribution in [0, 0.1) is 0 Å². The van der Waals surface area contributed by atoms with Crippen LogP contribution in [0.5, 0.6) is 0 Å². The van der Waals surface area contributed by atoms with Crippen molar-refractivity contribution in [3.63, 3.8) is 0 Å². The highest BCUT2D eigenvalue weighted by Crippen LogP contribution is 2.22. The minimum absolute atomic E-state index is 0.0279. The number of amides is 3. The Hall–Kier alpha value is -2.04. The predicted molar refractivity (Wildman–Crippen MR) is 85.8 cm³/mol. The molecule has 0 spiro atoms. The SMILES string of the molecule is CC1CCCCN1C(=O)NC1CC(=O)N(c2ccccc2)C1. The summed E-state index contributed by atoms with van der Waals surface area (Å²) in [4.78, 5) is 28.2. The topological polar surface area (TPSA) is 52.7 Å². The predicted octanol–water partition coefficient (Wildman–Crippen LogP) is 2.38. The smallest absolute Gasteiger partial charge is 0.317 e. The Kier molecular flexibility index (Phi) is 4.32. The van der Waals surface area contributed by atoms with E-state index in [9.17, 15) is 9.59 Å². The molecule has 3 rings (SSSR count). The molecule has 2 saturated heterocycles. The van der Waals surface area contributed by atoms with E-state index in [1.165, 1.54) is 6.42 Å². The average Bonchev–Trinajstić information content (AvgIpc) is 2.89. The second-order valence-electron chi connectivity index (χ2n) is 6.23. The molecule has 2 aliphatic heterocycles. The Labute approximate surface area is 131 Å². The number of para-hydroxylation sites is 1. The first-order valence-electron chi connectivity index (χ1n) is 8.07. The summed E-state index contributed by atoms with van der Waals surface area (Å²) in [6, 6.07) is 9.78. The van der Waals surface area contributed by atoms with Crippen molar-refractivity contribution < 1.29 is 9.59 Å². The lowest BCUT2D eigenvalue weighted by atomic mass is 10.0. The highest BCUT2D eigenvalue weighted by Gasteiger charge is 2.33. The van der Waals surface area contributed by atoms with Gasteiger partial charge in [-0.1, -0.05) is 18.2 Å². The maximum atomic E-state index is 12.4. The lowest BCUT2D eigenvalue weighted by molar-refractivity contribution is -0.117. The van der Waals surface area contributed by atoms with Gasteiger partial charge in [0.15, 0.2) is 0 Å². The number of nitrogens with one attached hydrogen (secondary N) is 1. The Morgan fingerprint density at radius 1 is 1.23 bits per heavy atom. The maximum absolute atomic E-state index is 12.4. The van der Waals surface area contributed by atoms with Crippen molar-refractivity contribution in [1.29, 1.82) is 0 Å². The van der Waals surface area contributed by atoms with E-state index in [0.717, 1.165) is 25.1 Å². The summed E-state index contributed by atoms with van der Waals surface area (Å²) < 4.78 is 0. The highest BCUT2D eigenvalue weighted by molar-refractivity contribution is 5.96. The van der Waals surface area contributed by atoms with Crippen LogP contribution in [0.2, 0.25) is 0 Å². The van der Waals surface area contributed by atoms with Crippen molar-refractivity contribution in [2.75, 3.05) is 18.0 Å². The zero-order valence-corrected chi connectivity index (χ0v) is 13.0. The molecule has 0 saturated carbocycles. The largest absolute Gasteiger partial charge is 0.333 e. The normalized spacial score (nSPS) is 25.4. The van der Waals surface area contributed by atoms with E-state index in [0.29, 0.717) is 13.0 Å². The molecule has 0 radical (unpaired) electrons. The van der Waals surface area contributed by atoms with E-state index >= 15 is 0 Å². The van der Waals surface area contributed by atoms with Crippen molar-refractivity contribution in [1.82, 2.24) is 10.2 Å². The number of urea groups is 1. The first kappa shape index (κ1) is 14.9. The van der Waals surface area contributed by atoms with E-state index in [-0.39, 0.29) is 24.0 Å². The van der Waals surface area contributed by atoms with Crippen LogP contribution < -0.4 is 10.2 Å². The average molecular weight is 301 g/mol. The minimum atomic E-state index is -0.102. The standard InChI is InChI=1S/C17H23N3O2/c1-13-7-5-6-10-19(13)17(22)18-14-11-16(21)20(12-14)15-8-3-2-4-9-15/h2-4,8-9,13-14H,5-7,10-12H2,1H3,(H,18,22). The molecule has 5 nitrogen and oxygen atoms in total. The monoisotopic (exact) mass is 301 g/mol. The number of hydrogen-bond donors (Lipinski definition) is 1. The molecule has 1 aromatic rings. The number of carbonyl (C=O) groups is 2. The number of nitrogens with zero attached hydrogens (tertiary/aromatic N) is 2. The Bertz CT molecular complexity index is 546. The highest BCUT2D eigenvalue weighted by atomic mass is 16.2. The van der Waals surface area contributed by atoms with Gasteiger partial charge in [-0.25, -0.2) is 4.79 Å². The van der Waals surface area contributed by atoms with Gasteiger partial charge >= 0.3 is 6.03 Å². The number of carbonyl (C=O) groups excluding carboxylic acids is 2. The van der Waals surface area contributed by atoms with Crippen LogP contribution in [-0.2, 0) is 4.79 Å². The summed E-state index contributed by atoms with van der Waals surface area (Å²) in [7, 11) is 0. The molecule has 2 fully saturated rings. The van der Waals surface area contributed by atoms with Gasteiger partial charge in [0.05, 0.1) is 6.04 Å². The van der Waals surface area contributed by atoms with Crippen molar-refractivity contribution in [3.05, 3.63) is 30.3 Å². The molecule has 3 amide bonds. The second-order valence-corrected chi connectivity index (χ2v) is 6.23. The first-order chi connectivity index (χ1) is 10.6. The third kappa shape index (κ3) is 3.08. The van der Waals surface area contributed by atoms with Crippen molar-refractivity contribution in [3.8, 4) is 0 Å². The second kappa shape index (κ2) is 6.38. The third-order valence-electron chi connectivity index (χ3n) is 4.58. The van der Waals surface area contributed by atoms with E-state index in [2.05, 4.69) is 12.2 Å². The molecule has 1 aromatic carbocycles. The van der Waals surface area contributed by atoms with Gasteiger partial charge in [0.25, 0.3) is 0 Å². The molecule has 1 N–H and O–H groups in total. The summed E-state index contributed by atoms with van der Waals surface area (Å²) in [5.74, 6) is 0.0724. The van der Waals surface area contributed by atoms with Gasteiger partial charge in [0.1, 0.15) is 0 Å². The Morgan fingerprint density at radius 2 is 2.00 bits per heavy atom. The molecule has 2 heterocycles. The van der Waals surface area contributed by atoms with Crippen molar-refractivity contribution >= 4 is 17.6 Å². The van der Waals surface area contributed by atoms with Gasteiger partial charge in [-0.2, -0.15) is 0 Å². The lowest BCUT2D eigenvalue weighted by Gasteiger charge is -2.34. The summed E-state index contributed by atoms with van der Waals surface area (Å²) in [5, 5.41) is 3.03. The van der Waals surface area contributed by atoms with Crippen LogP contribution in [0.25, 0.3) is 0 Å². The number of piperidine rings is 1. The number of rotatable bonds is 2. The zero-order valence-electron chi connectivity index (χ0n) is 13.0.